The van der Waals surface area contributed by atoms with Crippen LogP contribution in [0.25, 0.3) is 11.2 Å². The van der Waals surface area contributed by atoms with E-state index in [-0.39, 0.29) is 24.2 Å². The molecule has 2 heterocycles. The average Bonchev–Trinajstić information content (AvgIpc) is 3.57. The highest BCUT2D eigenvalue weighted by Crippen LogP contribution is 2.33. The van der Waals surface area contributed by atoms with Crippen molar-refractivity contribution in [3.05, 3.63) is 41.7 Å². The zero-order valence-corrected chi connectivity index (χ0v) is 21.1. The minimum Gasteiger partial charge on any atom is -0.366 e. The molecule has 1 amide bonds. The van der Waals surface area contributed by atoms with Gasteiger partial charge in [0.05, 0.1) is 11.9 Å². The van der Waals surface area contributed by atoms with Crippen molar-refractivity contribution in [3.8, 4) is 0 Å². The van der Waals surface area contributed by atoms with Gasteiger partial charge >= 0.3 is 6.18 Å². The third kappa shape index (κ3) is 6.01. The van der Waals surface area contributed by atoms with Crippen molar-refractivity contribution in [2.45, 2.75) is 75.7 Å². The van der Waals surface area contributed by atoms with Crippen molar-refractivity contribution < 1.29 is 18.0 Å². The Morgan fingerprint density at radius 3 is 2.55 bits per heavy atom. The Hall–Kier alpha value is -3.41. The highest BCUT2D eigenvalue weighted by molar-refractivity contribution is 5.94. The fraction of sp³-hybridized carbons (Fsp3) is 0.538. The van der Waals surface area contributed by atoms with Gasteiger partial charge in [-0.3, -0.25) is 4.79 Å². The van der Waals surface area contributed by atoms with E-state index in [4.69, 9.17) is 10.7 Å². The molecule has 3 aromatic rings. The Morgan fingerprint density at radius 2 is 1.82 bits per heavy atom. The predicted octanol–water partition coefficient (Wildman–Crippen LogP) is 4.48. The number of anilines is 2. The lowest BCUT2D eigenvalue weighted by molar-refractivity contribution is -0.137. The Morgan fingerprint density at radius 1 is 1.05 bits per heavy atom. The van der Waals surface area contributed by atoms with E-state index in [0.717, 1.165) is 56.3 Å². The van der Waals surface area contributed by atoms with Crippen LogP contribution < -0.4 is 21.7 Å². The number of hydrogen-bond acceptors (Lipinski definition) is 7. The first-order valence-electron chi connectivity index (χ1n) is 13.2. The van der Waals surface area contributed by atoms with Gasteiger partial charge in [0.25, 0.3) is 5.91 Å². The molecule has 0 spiro atoms. The highest BCUT2D eigenvalue weighted by atomic mass is 19.4. The van der Waals surface area contributed by atoms with Crippen LogP contribution in [0.3, 0.4) is 0 Å². The lowest BCUT2D eigenvalue weighted by Gasteiger charge is -2.27. The molecule has 1 aromatic carbocycles. The van der Waals surface area contributed by atoms with Gasteiger partial charge in [0.1, 0.15) is 0 Å². The van der Waals surface area contributed by atoms with Crippen molar-refractivity contribution in [1.29, 1.82) is 0 Å². The summed E-state index contributed by atoms with van der Waals surface area (Å²) in [7, 11) is 0. The maximum Gasteiger partial charge on any atom is 0.416 e. The molecule has 2 saturated carbocycles. The molecule has 0 bridgehead atoms. The predicted molar refractivity (Wildman–Crippen MR) is 139 cm³/mol. The number of rotatable bonds is 8. The van der Waals surface area contributed by atoms with E-state index in [1.54, 1.807) is 0 Å². The second-order valence-corrected chi connectivity index (χ2v) is 10.2. The molecule has 2 fully saturated rings. The second-order valence-electron chi connectivity index (χ2n) is 10.2. The number of fused-ring (bicyclic) bond motifs is 1. The number of hydrogen-bond donors (Lipinski definition) is 4. The number of alkyl halides is 3. The van der Waals surface area contributed by atoms with E-state index in [0.29, 0.717) is 29.9 Å². The van der Waals surface area contributed by atoms with Crippen molar-refractivity contribution in [2.24, 2.45) is 5.73 Å². The van der Waals surface area contributed by atoms with Gasteiger partial charge < -0.3 is 26.3 Å². The second kappa shape index (κ2) is 11.1. The first kappa shape index (κ1) is 26.2. The molecule has 2 aliphatic carbocycles. The Balaban J connectivity index is 1.28. The summed E-state index contributed by atoms with van der Waals surface area (Å²) in [6, 6.07) is 5.22. The van der Waals surface area contributed by atoms with Gasteiger partial charge in [0.2, 0.25) is 5.95 Å². The Labute approximate surface area is 218 Å². The standard InChI is InChI=1S/C26H33F3N8O/c27-26(28,29)17-5-3-4-16(14-17)24(38)32-13-12-31-22-21-23(37(15-33-21)20-6-1-2-7-20)36-25(35-22)34-19-10-8-18(30)9-11-19/h3-5,14-15,18-20H,1-2,6-13,30H2,(H,32,38)(H2,31,34,35,36). The smallest absolute Gasteiger partial charge is 0.366 e. The molecular formula is C26H33F3N8O. The SMILES string of the molecule is NC1CCC(Nc2nc(NCCNC(=O)c3cccc(C(F)(F)F)c3)c3ncn(C4CCCC4)c3n2)CC1. The molecule has 0 unspecified atom stereocenters. The van der Waals surface area contributed by atoms with Gasteiger partial charge in [-0.05, 0) is 56.7 Å². The maximum atomic E-state index is 13.0. The summed E-state index contributed by atoms with van der Waals surface area (Å²) in [5, 5.41) is 9.37. The zero-order chi connectivity index (χ0) is 26.7. The fourth-order valence-corrected chi connectivity index (χ4v) is 5.30. The number of benzene rings is 1. The van der Waals surface area contributed by atoms with Crippen LogP contribution in [0.5, 0.6) is 0 Å². The largest absolute Gasteiger partial charge is 0.416 e. The third-order valence-electron chi connectivity index (χ3n) is 7.40. The zero-order valence-electron chi connectivity index (χ0n) is 21.1. The normalized spacial score (nSPS) is 20.5. The fourth-order valence-electron chi connectivity index (χ4n) is 5.30. The third-order valence-corrected chi connectivity index (χ3v) is 7.40. The maximum absolute atomic E-state index is 13.0. The van der Waals surface area contributed by atoms with E-state index in [1.165, 1.54) is 25.0 Å². The van der Waals surface area contributed by atoms with Crippen molar-refractivity contribution in [3.63, 3.8) is 0 Å². The van der Waals surface area contributed by atoms with E-state index in [1.807, 2.05) is 6.33 Å². The van der Waals surface area contributed by atoms with Crippen molar-refractivity contribution in [2.75, 3.05) is 23.7 Å². The topological polar surface area (TPSA) is 123 Å². The summed E-state index contributed by atoms with van der Waals surface area (Å²) in [6.45, 7) is 0.498. The van der Waals surface area contributed by atoms with Crippen LogP contribution in [0.4, 0.5) is 24.9 Å². The van der Waals surface area contributed by atoms with Crippen molar-refractivity contribution >= 4 is 28.8 Å². The van der Waals surface area contributed by atoms with E-state index in [2.05, 4.69) is 30.5 Å². The Bertz CT molecular complexity index is 1260. The van der Waals surface area contributed by atoms with Gasteiger partial charge in [0, 0.05) is 36.8 Å². The molecule has 0 saturated heterocycles. The minimum atomic E-state index is -4.51. The molecule has 5 rings (SSSR count). The molecule has 9 nitrogen and oxygen atoms in total. The Kier molecular flexibility index (Phi) is 7.68. The number of carbonyl (C=O) groups excluding carboxylic acids is 1. The summed E-state index contributed by atoms with van der Waals surface area (Å²) in [4.78, 5) is 26.5. The lowest BCUT2D eigenvalue weighted by atomic mass is 9.92. The first-order valence-corrected chi connectivity index (χ1v) is 13.2. The first-order chi connectivity index (χ1) is 18.3. The summed E-state index contributed by atoms with van der Waals surface area (Å²) in [6.07, 6.45) is 5.66. The van der Waals surface area contributed by atoms with E-state index < -0.39 is 17.6 Å². The molecule has 204 valence electrons. The molecule has 0 radical (unpaired) electrons. The number of carbonyl (C=O) groups is 1. The quantitative estimate of drug-likeness (QED) is 0.317. The number of nitrogens with zero attached hydrogens (tertiary/aromatic N) is 4. The minimum absolute atomic E-state index is 0.0433. The molecule has 2 aromatic heterocycles. The van der Waals surface area contributed by atoms with Crippen LogP contribution in [-0.4, -0.2) is 50.6 Å². The number of nitrogens with two attached hydrogens (primary N) is 1. The van der Waals surface area contributed by atoms with Crippen LogP contribution in [0.2, 0.25) is 0 Å². The number of amides is 1. The van der Waals surface area contributed by atoms with E-state index >= 15 is 0 Å². The van der Waals surface area contributed by atoms with Gasteiger partial charge in [-0.15, -0.1) is 0 Å². The van der Waals surface area contributed by atoms with Crippen LogP contribution in [0.15, 0.2) is 30.6 Å². The van der Waals surface area contributed by atoms with Gasteiger partial charge in [-0.1, -0.05) is 18.9 Å². The van der Waals surface area contributed by atoms with E-state index in [9.17, 15) is 18.0 Å². The number of nitrogens with one attached hydrogen (secondary N) is 3. The molecule has 38 heavy (non-hydrogen) atoms. The molecule has 0 atom stereocenters. The average molecular weight is 531 g/mol. The molecule has 12 heteroatoms. The number of aromatic nitrogens is 4. The number of imidazole rings is 1. The van der Waals surface area contributed by atoms with Crippen LogP contribution >= 0.6 is 0 Å². The van der Waals surface area contributed by atoms with Gasteiger partial charge in [-0.2, -0.15) is 23.1 Å². The molecule has 0 aliphatic heterocycles. The van der Waals surface area contributed by atoms with Crippen molar-refractivity contribution in [1.82, 2.24) is 24.8 Å². The molecule has 5 N–H and O–H groups in total. The lowest BCUT2D eigenvalue weighted by Crippen LogP contribution is -2.33. The van der Waals surface area contributed by atoms with Gasteiger partial charge in [0.15, 0.2) is 17.0 Å². The highest BCUT2D eigenvalue weighted by Gasteiger charge is 2.31. The van der Waals surface area contributed by atoms with Crippen LogP contribution in [0.1, 0.15) is 73.3 Å². The summed E-state index contributed by atoms with van der Waals surface area (Å²) >= 11 is 0. The summed E-state index contributed by atoms with van der Waals surface area (Å²) < 4.78 is 41.1. The number of halogens is 3. The van der Waals surface area contributed by atoms with Gasteiger partial charge in [-0.25, -0.2) is 4.98 Å². The van der Waals surface area contributed by atoms with Crippen LogP contribution in [-0.2, 0) is 6.18 Å². The molecule has 2 aliphatic rings. The summed E-state index contributed by atoms with van der Waals surface area (Å²) in [5.41, 5.74) is 6.57. The monoisotopic (exact) mass is 530 g/mol. The molecular weight excluding hydrogens is 497 g/mol. The summed E-state index contributed by atoms with van der Waals surface area (Å²) in [5.74, 6) is 0.498. The van der Waals surface area contributed by atoms with Crippen LogP contribution in [0, 0.1) is 0 Å².